The van der Waals surface area contributed by atoms with E-state index in [4.69, 9.17) is 4.74 Å². The molecule has 1 amide bonds. The van der Waals surface area contributed by atoms with E-state index in [9.17, 15) is 41.0 Å². The van der Waals surface area contributed by atoms with Crippen molar-refractivity contribution in [3.63, 3.8) is 0 Å². The summed E-state index contributed by atoms with van der Waals surface area (Å²) in [5.74, 6) is -3.13. The fourth-order valence-electron chi connectivity index (χ4n) is 6.65. The molecule has 2 aliphatic rings. The molecule has 356 valence electrons. The first-order valence-electron chi connectivity index (χ1n) is 19.4. The Balaban J connectivity index is 0.000000186. The standard InChI is InChI=1S/C22H17F3N8O3S.C17H10F3N7O3S.CH4/c23-22(24,25)20-29-18(31-36-20)15-2-1-14(37-15)8-33(17-7-26-3-4-27-17)16-5-13(6-28-30-16)19(34)32-9-21(10-32)11-35-12-21;18-17(19,20)16-24-14(26-30-16)11-2-1-10(31-11)8-27(13-7-21-3-4-22-13)12-5-9(15(28)29)6-23-25-12;/h1-7H,8-12H2;1-7H,8H2,(H,28,29);1H4. The van der Waals surface area contributed by atoms with E-state index in [2.05, 4.69) is 69.7 Å². The van der Waals surface area contributed by atoms with Crippen LogP contribution in [0.4, 0.5) is 49.6 Å². The number of carbonyl (C=O) groups is 2. The van der Waals surface area contributed by atoms with Gasteiger partial charge < -0.3 is 33.6 Å². The van der Waals surface area contributed by atoms with Crippen molar-refractivity contribution in [1.82, 2.24) is 65.5 Å². The molecule has 8 aromatic rings. The molecule has 21 nitrogen and oxygen atoms in total. The third-order valence-electron chi connectivity index (χ3n) is 9.87. The molecule has 0 unspecified atom stereocenters. The molecule has 2 saturated heterocycles. The summed E-state index contributed by atoms with van der Waals surface area (Å²) in [5.41, 5.74) is 0.394. The van der Waals surface area contributed by atoms with Gasteiger partial charge >= 0.3 is 30.1 Å². The molecule has 69 heavy (non-hydrogen) atoms. The lowest BCUT2D eigenvalue weighted by atomic mass is 9.78. The number of hydrogen-bond donors (Lipinski definition) is 1. The van der Waals surface area contributed by atoms with Gasteiger partial charge in [0.05, 0.1) is 77.4 Å². The van der Waals surface area contributed by atoms with Crippen LogP contribution in [-0.4, -0.2) is 109 Å². The molecular weight excluding hydrogens is 965 g/mol. The normalized spacial score (nSPS) is 13.9. The van der Waals surface area contributed by atoms with Crippen molar-refractivity contribution in [3.05, 3.63) is 119 Å². The number of aromatic carboxylic acids is 1. The molecule has 0 atom stereocenters. The van der Waals surface area contributed by atoms with Gasteiger partial charge in [-0.05, 0) is 36.4 Å². The van der Waals surface area contributed by atoms with E-state index in [0.29, 0.717) is 64.0 Å². The first-order chi connectivity index (χ1) is 32.6. The van der Waals surface area contributed by atoms with Crippen molar-refractivity contribution >= 4 is 57.8 Å². The van der Waals surface area contributed by atoms with Crippen LogP contribution in [0.25, 0.3) is 21.4 Å². The number of carbonyl (C=O) groups excluding carboxylic acids is 1. The zero-order valence-corrected chi connectivity index (χ0v) is 35.7. The van der Waals surface area contributed by atoms with E-state index in [0.717, 1.165) is 22.4 Å². The lowest BCUT2D eigenvalue weighted by Crippen LogP contribution is -2.67. The molecule has 0 radical (unpaired) electrons. The topological polar surface area (TPSA) is 254 Å². The number of aromatic nitrogens is 12. The maximum atomic E-state index is 13.0. The minimum absolute atomic E-state index is 0. The Labute approximate surface area is 391 Å². The molecule has 1 spiro atoms. The average molecular weight is 996 g/mol. The van der Waals surface area contributed by atoms with Crippen LogP contribution in [0.1, 0.15) is 49.7 Å². The van der Waals surface area contributed by atoms with E-state index in [1.165, 1.54) is 60.8 Å². The number of likely N-dealkylation sites (tertiary alicyclic amines) is 1. The highest BCUT2D eigenvalue weighted by atomic mass is 32.1. The van der Waals surface area contributed by atoms with Gasteiger partial charge in [-0.25, -0.2) is 14.8 Å². The maximum absolute atomic E-state index is 13.0. The summed E-state index contributed by atoms with van der Waals surface area (Å²) in [4.78, 5) is 55.0. The van der Waals surface area contributed by atoms with Crippen LogP contribution in [0.2, 0.25) is 0 Å². The molecule has 10 heterocycles. The van der Waals surface area contributed by atoms with E-state index in [-0.39, 0.29) is 54.9 Å². The van der Waals surface area contributed by atoms with Crippen LogP contribution in [0.5, 0.6) is 0 Å². The molecule has 2 fully saturated rings. The number of nitrogens with zero attached hydrogens (tertiary/aromatic N) is 15. The Morgan fingerprint density at radius 1 is 0.681 bits per heavy atom. The first kappa shape index (κ1) is 47.6. The fourth-order valence-corrected chi connectivity index (χ4v) is 8.49. The fraction of sp³-hybridized carbons (Fsp3) is 0.250. The van der Waals surface area contributed by atoms with Gasteiger partial charge in [0.15, 0.2) is 23.3 Å². The quantitative estimate of drug-likeness (QED) is 0.118. The van der Waals surface area contributed by atoms with E-state index in [1.807, 2.05) is 0 Å². The molecule has 0 saturated carbocycles. The molecule has 10 rings (SSSR count). The van der Waals surface area contributed by atoms with E-state index in [1.54, 1.807) is 45.0 Å². The number of carboxylic acids is 1. The predicted molar refractivity (Wildman–Crippen MR) is 228 cm³/mol. The number of halogens is 6. The van der Waals surface area contributed by atoms with Crippen LogP contribution in [0, 0.1) is 5.41 Å². The number of rotatable bonds is 12. The zero-order valence-electron chi connectivity index (χ0n) is 34.1. The lowest BCUT2D eigenvalue weighted by molar-refractivity contribution is -0.176. The van der Waals surface area contributed by atoms with Crippen molar-refractivity contribution in [2.24, 2.45) is 5.41 Å². The number of anilines is 4. The van der Waals surface area contributed by atoms with Gasteiger partial charge in [-0.15, -0.1) is 32.9 Å². The Hall–Kier alpha value is -7.92. The summed E-state index contributed by atoms with van der Waals surface area (Å²) in [6.07, 6.45) is 2.03. The molecular formula is C40H31F6N15O6S2. The number of thiophene rings is 2. The summed E-state index contributed by atoms with van der Waals surface area (Å²) in [6.45, 7) is 3.00. The van der Waals surface area contributed by atoms with Crippen molar-refractivity contribution < 1.29 is 54.8 Å². The van der Waals surface area contributed by atoms with Gasteiger partial charge in [-0.2, -0.15) is 46.5 Å². The number of hydrogen-bond acceptors (Lipinski definition) is 21. The highest BCUT2D eigenvalue weighted by Gasteiger charge is 2.51. The Morgan fingerprint density at radius 2 is 1.16 bits per heavy atom. The molecule has 1 N–H and O–H groups in total. The Kier molecular flexibility index (Phi) is 13.3. The number of alkyl halides is 6. The highest BCUT2D eigenvalue weighted by Crippen LogP contribution is 2.39. The third-order valence-corrected chi connectivity index (χ3v) is 12.0. The zero-order chi connectivity index (χ0) is 47.6. The van der Waals surface area contributed by atoms with Gasteiger partial charge in [-0.1, -0.05) is 17.7 Å². The van der Waals surface area contributed by atoms with Crippen molar-refractivity contribution in [2.45, 2.75) is 32.9 Å². The van der Waals surface area contributed by atoms with Gasteiger partial charge in [0.2, 0.25) is 11.6 Å². The first-order valence-corrected chi connectivity index (χ1v) is 21.1. The summed E-state index contributed by atoms with van der Waals surface area (Å²) >= 11 is 2.32. The Morgan fingerprint density at radius 3 is 1.57 bits per heavy atom. The van der Waals surface area contributed by atoms with Gasteiger partial charge in [0.1, 0.15) is 0 Å². The molecule has 29 heteroatoms. The Bertz CT molecular complexity index is 3050. The van der Waals surface area contributed by atoms with E-state index >= 15 is 0 Å². The molecule has 2 aliphatic heterocycles. The summed E-state index contributed by atoms with van der Waals surface area (Å²) in [7, 11) is 0. The number of amides is 1. The summed E-state index contributed by atoms with van der Waals surface area (Å²) in [5, 5.41) is 32.0. The third kappa shape index (κ3) is 10.6. The molecule has 0 aromatic carbocycles. The second kappa shape index (κ2) is 19.4. The van der Waals surface area contributed by atoms with Gasteiger partial charge in [0, 0.05) is 47.6 Å². The largest absolute Gasteiger partial charge is 0.478 e. The van der Waals surface area contributed by atoms with Crippen LogP contribution in [-0.2, 0) is 30.2 Å². The molecule has 8 aromatic heterocycles. The summed E-state index contributed by atoms with van der Waals surface area (Å²) < 4.78 is 90.5. The van der Waals surface area contributed by atoms with Crippen LogP contribution < -0.4 is 9.80 Å². The predicted octanol–water partition coefficient (Wildman–Crippen LogP) is 7.28. The van der Waals surface area contributed by atoms with E-state index < -0.39 is 30.1 Å². The van der Waals surface area contributed by atoms with Crippen molar-refractivity contribution in [2.75, 3.05) is 36.1 Å². The lowest BCUT2D eigenvalue weighted by Gasteiger charge is -2.54. The van der Waals surface area contributed by atoms with Crippen molar-refractivity contribution in [3.8, 4) is 21.4 Å². The number of carboxylic acid groups (broad SMARTS) is 1. The molecule has 0 aliphatic carbocycles. The maximum Gasteiger partial charge on any atom is 0.471 e. The molecule has 0 bridgehead atoms. The minimum Gasteiger partial charge on any atom is -0.478 e. The second-order valence-electron chi connectivity index (χ2n) is 14.7. The highest BCUT2D eigenvalue weighted by molar-refractivity contribution is 7.15. The van der Waals surface area contributed by atoms with Crippen LogP contribution >= 0.6 is 22.7 Å². The van der Waals surface area contributed by atoms with Gasteiger partial charge in [0.25, 0.3) is 5.91 Å². The average Bonchev–Trinajstić information content (AvgIpc) is 4.15. The van der Waals surface area contributed by atoms with Gasteiger partial charge in [-0.3, -0.25) is 14.8 Å². The van der Waals surface area contributed by atoms with Crippen molar-refractivity contribution in [1.29, 1.82) is 0 Å². The van der Waals surface area contributed by atoms with Crippen LogP contribution in [0.3, 0.4) is 0 Å². The second-order valence-corrected chi connectivity index (χ2v) is 17.1. The van der Waals surface area contributed by atoms with Crippen LogP contribution in [0.15, 0.2) is 95.0 Å². The summed E-state index contributed by atoms with van der Waals surface area (Å²) in [6, 6.07) is 9.52. The number of ether oxygens (including phenoxy) is 1. The SMILES string of the molecule is C.O=C(O)c1cnnc(N(Cc2ccc(-c3noc(C(F)(F)F)n3)s2)c2cnccn2)c1.O=C(c1cnnc(N(Cc2ccc(-c3noc(C(F)(F)F)n3)s2)c2cnccn2)c1)N1CC2(COC2)C1. The minimum atomic E-state index is -4.73. The monoisotopic (exact) mass is 995 g/mol. The smallest absolute Gasteiger partial charge is 0.471 e.